The Morgan fingerprint density at radius 2 is 1.77 bits per heavy atom. The van der Waals surface area contributed by atoms with Crippen LogP contribution in [0.15, 0.2) is 84.9 Å². The minimum atomic E-state index is -3.73. The van der Waals surface area contributed by atoms with Crippen LogP contribution < -0.4 is 10.2 Å². The summed E-state index contributed by atoms with van der Waals surface area (Å²) >= 11 is 0. The van der Waals surface area contributed by atoms with Crippen LogP contribution in [-0.4, -0.2) is 48.3 Å². The number of ether oxygens (including phenoxy) is 1. The summed E-state index contributed by atoms with van der Waals surface area (Å²) in [5.41, 5.74) is 5.97. The fourth-order valence-electron chi connectivity index (χ4n) is 5.33. The predicted octanol–water partition coefficient (Wildman–Crippen LogP) is 4.14. The number of nitrogens with zero attached hydrogens (tertiary/aromatic N) is 2. The van der Waals surface area contributed by atoms with Crippen LogP contribution in [0.5, 0.6) is 5.75 Å². The lowest BCUT2D eigenvalue weighted by Gasteiger charge is -2.42. The molecule has 0 radical (unpaired) electrons. The largest absolute Gasteiger partial charge is 0.489 e. The van der Waals surface area contributed by atoms with Crippen LogP contribution in [0.1, 0.15) is 28.8 Å². The van der Waals surface area contributed by atoms with Gasteiger partial charge in [-0.2, -0.15) is 0 Å². The molecular weight excluding hydrogens is 514 g/mol. The Kier molecular flexibility index (Phi) is 7.65. The summed E-state index contributed by atoms with van der Waals surface area (Å²) in [6.45, 7) is 3.31. The molecule has 1 aromatic heterocycles. The van der Waals surface area contributed by atoms with Crippen molar-refractivity contribution in [1.82, 2.24) is 15.4 Å². The number of para-hydroxylation sites is 1. The molecule has 0 bridgehead atoms. The highest BCUT2D eigenvalue weighted by atomic mass is 32.2. The number of hydroxylamine groups is 1. The molecule has 2 N–H and O–H groups in total. The quantitative estimate of drug-likeness (QED) is 0.253. The lowest BCUT2D eigenvalue weighted by molar-refractivity contribution is -0.130. The number of benzene rings is 3. The Labute approximate surface area is 228 Å². The van der Waals surface area contributed by atoms with Gasteiger partial charge in [0.1, 0.15) is 17.1 Å². The van der Waals surface area contributed by atoms with Gasteiger partial charge in [-0.05, 0) is 42.3 Å². The minimum Gasteiger partial charge on any atom is -0.489 e. The van der Waals surface area contributed by atoms with Gasteiger partial charge in [0.15, 0.2) is 9.84 Å². The van der Waals surface area contributed by atoms with Gasteiger partial charge in [-0.3, -0.25) is 19.9 Å². The summed E-state index contributed by atoms with van der Waals surface area (Å²) in [5, 5.41) is 10.3. The lowest BCUT2D eigenvalue weighted by atomic mass is 9.92. The summed E-state index contributed by atoms with van der Waals surface area (Å²) < 4.78 is 31.7. The van der Waals surface area contributed by atoms with E-state index < -0.39 is 20.5 Å². The molecule has 0 aliphatic carbocycles. The molecule has 1 unspecified atom stereocenters. The monoisotopic (exact) mass is 545 g/mol. The maximum atomic E-state index is 13.6. The van der Waals surface area contributed by atoms with E-state index in [4.69, 9.17) is 4.74 Å². The summed E-state index contributed by atoms with van der Waals surface area (Å²) in [4.78, 5) is 19.0. The molecule has 39 heavy (non-hydrogen) atoms. The van der Waals surface area contributed by atoms with Crippen LogP contribution in [0.2, 0.25) is 0 Å². The number of pyridine rings is 1. The smallest absolute Gasteiger partial charge is 0.245 e. The van der Waals surface area contributed by atoms with Gasteiger partial charge >= 0.3 is 0 Å². The van der Waals surface area contributed by atoms with Gasteiger partial charge in [-0.15, -0.1) is 0 Å². The summed E-state index contributed by atoms with van der Waals surface area (Å²) in [7, 11) is -3.73. The third-order valence-corrected chi connectivity index (χ3v) is 9.69. The first kappa shape index (κ1) is 26.8. The molecule has 1 fully saturated rings. The van der Waals surface area contributed by atoms with Crippen molar-refractivity contribution in [2.45, 2.75) is 31.2 Å². The highest BCUT2D eigenvalue weighted by Crippen LogP contribution is 2.40. The normalized spacial score (nSPS) is 19.0. The molecule has 0 saturated carbocycles. The first-order chi connectivity index (χ1) is 18.8. The van der Waals surface area contributed by atoms with Crippen LogP contribution in [0.3, 0.4) is 0 Å². The topological polar surface area (TPSA) is 109 Å². The summed E-state index contributed by atoms with van der Waals surface area (Å²) in [6.07, 6.45) is -0.389. The molecule has 2 heterocycles. The van der Waals surface area contributed by atoms with Crippen molar-refractivity contribution in [3.05, 3.63) is 107 Å². The molecule has 1 amide bonds. The van der Waals surface area contributed by atoms with Gasteiger partial charge in [0.25, 0.3) is 0 Å². The standard InChI is InChI=1S/C30H31N3O5S/c1-22-17-24(27-9-5-6-10-28(27)31-22)20-38-26-13-11-25(12-14-26)30(18-29(34)32-35)21-33(15-16-39(30,36)37)19-23-7-3-2-4-8-23/h2-14,17,35H,15-16,18-21H2,1H3,(H,32,34). The number of carbonyl (C=O) groups excluding carboxylic acids is 1. The fraction of sp³-hybridized carbons (Fsp3) is 0.267. The van der Waals surface area contributed by atoms with Gasteiger partial charge in [0, 0.05) is 36.3 Å². The predicted molar refractivity (Wildman–Crippen MR) is 149 cm³/mol. The number of amides is 1. The molecule has 1 atom stereocenters. The first-order valence-electron chi connectivity index (χ1n) is 12.8. The SMILES string of the molecule is Cc1cc(COc2ccc(C3(CC(=O)NO)CN(Cc4ccccc4)CCS3(=O)=O)cc2)c2ccccc2n1. The van der Waals surface area contributed by atoms with E-state index in [1.807, 2.05) is 72.5 Å². The van der Waals surface area contributed by atoms with E-state index in [9.17, 15) is 18.4 Å². The number of aryl methyl sites for hydroxylation is 1. The zero-order valence-corrected chi connectivity index (χ0v) is 22.5. The molecule has 5 rings (SSSR count). The van der Waals surface area contributed by atoms with Crippen molar-refractivity contribution < 1.29 is 23.2 Å². The van der Waals surface area contributed by atoms with E-state index in [1.54, 1.807) is 29.7 Å². The van der Waals surface area contributed by atoms with E-state index >= 15 is 0 Å². The Hall–Kier alpha value is -3.79. The van der Waals surface area contributed by atoms with Crippen LogP contribution in [0, 0.1) is 6.92 Å². The molecule has 1 aliphatic heterocycles. The number of hydrogen-bond acceptors (Lipinski definition) is 7. The molecule has 1 saturated heterocycles. The average Bonchev–Trinajstić information content (AvgIpc) is 2.94. The zero-order chi connectivity index (χ0) is 27.5. The van der Waals surface area contributed by atoms with E-state index in [1.165, 1.54) is 0 Å². The lowest BCUT2D eigenvalue weighted by Crippen LogP contribution is -2.55. The van der Waals surface area contributed by atoms with Gasteiger partial charge in [-0.25, -0.2) is 13.9 Å². The summed E-state index contributed by atoms with van der Waals surface area (Å²) in [5.74, 6) is -0.264. The van der Waals surface area contributed by atoms with Crippen LogP contribution >= 0.6 is 0 Å². The van der Waals surface area contributed by atoms with Crippen molar-refractivity contribution in [2.24, 2.45) is 0 Å². The fourth-order valence-corrected chi connectivity index (χ4v) is 7.44. The van der Waals surface area contributed by atoms with Crippen molar-refractivity contribution in [2.75, 3.05) is 18.8 Å². The molecule has 9 heteroatoms. The Balaban J connectivity index is 1.42. The second-order valence-electron chi connectivity index (χ2n) is 9.97. The Morgan fingerprint density at radius 1 is 1.05 bits per heavy atom. The van der Waals surface area contributed by atoms with Gasteiger partial charge < -0.3 is 4.74 Å². The van der Waals surface area contributed by atoms with Gasteiger partial charge in [-0.1, -0.05) is 60.7 Å². The molecule has 1 aliphatic rings. The van der Waals surface area contributed by atoms with Gasteiger partial charge in [0.05, 0.1) is 17.7 Å². The van der Waals surface area contributed by atoms with Gasteiger partial charge in [0.2, 0.25) is 5.91 Å². The van der Waals surface area contributed by atoms with Crippen molar-refractivity contribution in [1.29, 1.82) is 0 Å². The molecule has 0 spiro atoms. The first-order valence-corrected chi connectivity index (χ1v) is 14.4. The number of aromatic nitrogens is 1. The Morgan fingerprint density at radius 3 is 2.51 bits per heavy atom. The number of sulfone groups is 1. The zero-order valence-electron chi connectivity index (χ0n) is 21.7. The van der Waals surface area contributed by atoms with Crippen LogP contribution in [0.4, 0.5) is 0 Å². The highest BCUT2D eigenvalue weighted by molar-refractivity contribution is 7.92. The molecule has 3 aromatic carbocycles. The second-order valence-corrected chi connectivity index (χ2v) is 12.4. The van der Waals surface area contributed by atoms with E-state index in [0.717, 1.165) is 27.7 Å². The minimum absolute atomic E-state index is 0.0920. The number of hydrogen-bond donors (Lipinski definition) is 2. The Bertz CT molecular complexity index is 1580. The maximum Gasteiger partial charge on any atom is 0.245 e. The van der Waals surface area contributed by atoms with E-state index in [-0.39, 0.29) is 18.7 Å². The number of fused-ring (bicyclic) bond motifs is 1. The molecular formula is C30H31N3O5S. The van der Waals surface area contributed by atoms with E-state index in [0.29, 0.717) is 31.0 Å². The molecule has 8 nitrogen and oxygen atoms in total. The number of carbonyl (C=O) groups is 1. The highest BCUT2D eigenvalue weighted by Gasteiger charge is 2.50. The van der Waals surface area contributed by atoms with Crippen molar-refractivity contribution in [3.8, 4) is 5.75 Å². The number of rotatable bonds is 8. The van der Waals surface area contributed by atoms with Crippen molar-refractivity contribution in [3.63, 3.8) is 0 Å². The third kappa shape index (κ3) is 5.66. The molecule has 4 aromatic rings. The third-order valence-electron chi connectivity index (χ3n) is 7.28. The maximum absolute atomic E-state index is 13.6. The van der Waals surface area contributed by atoms with Crippen LogP contribution in [0.25, 0.3) is 10.9 Å². The summed E-state index contributed by atoms with van der Waals surface area (Å²) in [6, 6.07) is 26.6. The van der Waals surface area contributed by atoms with E-state index in [2.05, 4.69) is 4.98 Å². The second kappa shape index (κ2) is 11.1. The van der Waals surface area contributed by atoms with Crippen LogP contribution in [-0.2, 0) is 32.5 Å². The average molecular weight is 546 g/mol. The molecule has 202 valence electrons. The number of nitrogens with one attached hydrogen (secondary N) is 1. The van der Waals surface area contributed by atoms with Crippen molar-refractivity contribution >= 4 is 26.6 Å².